The molecule has 0 bridgehead atoms. The average molecular weight is 239 g/mol. The molecule has 4 atom stereocenters. The maximum atomic E-state index is 5.76. The highest BCUT2D eigenvalue weighted by Crippen LogP contribution is 2.29. The molecule has 1 aliphatic carbocycles. The molecule has 2 heteroatoms. The molecule has 1 heterocycles. The van der Waals surface area contributed by atoms with Gasteiger partial charge in [0, 0.05) is 19.2 Å². The number of nitrogens with one attached hydrogen (secondary N) is 1. The summed E-state index contributed by atoms with van der Waals surface area (Å²) in [5.41, 5.74) is 0. The molecule has 0 amide bonds. The number of hydrogen-bond donors (Lipinski definition) is 1. The van der Waals surface area contributed by atoms with Crippen LogP contribution in [0.3, 0.4) is 0 Å². The molecule has 1 saturated heterocycles. The zero-order valence-electron chi connectivity index (χ0n) is 11.7. The second kappa shape index (κ2) is 6.19. The summed E-state index contributed by atoms with van der Waals surface area (Å²) in [6, 6.07) is 0.756. The van der Waals surface area contributed by atoms with Crippen molar-refractivity contribution in [1.82, 2.24) is 5.32 Å². The van der Waals surface area contributed by atoms with E-state index in [0.29, 0.717) is 6.10 Å². The van der Waals surface area contributed by atoms with Crippen LogP contribution in [0.15, 0.2) is 0 Å². The molecular formula is C15H29NO. The Kier molecular flexibility index (Phi) is 4.87. The van der Waals surface area contributed by atoms with E-state index in [2.05, 4.69) is 26.1 Å². The van der Waals surface area contributed by atoms with Crippen LogP contribution in [-0.2, 0) is 4.74 Å². The van der Waals surface area contributed by atoms with Gasteiger partial charge >= 0.3 is 0 Å². The Morgan fingerprint density at radius 2 is 1.82 bits per heavy atom. The summed E-state index contributed by atoms with van der Waals surface area (Å²) in [6.07, 6.45) is 7.10. The third kappa shape index (κ3) is 3.69. The first-order valence-electron chi connectivity index (χ1n) is 7.54. The predicted octanol–water partition coefficient (Wildman–Crippen LogP) is 3.22. The molecule has 2 rings (SSSR count). The van der Waals surface area contributed by atoms with Crippen molar-refractivity contribution < 1.29 is 4.74 Å². The van der Waals surface area contributed by atoms with E-state index >= 15 is 0 Å². The van der Waals surface area contributed by atoms with Crippen molar-refractivity contribution in [1.29, 1.82) is 0 Å². The van der Waals surface area contributed by atoms with E-state index in [-0.39, 0.29) is 0 Å². The van der Waals surface area contributed by atoms with E-state index in [1.54, 1.807) is 0 Å². The van der Waals surface area contributed by atoms with Gasteiger partial charge in [0.1, 0.15) is 0 Å². The standard InChI is InChI=1S/C15H29NO/c1-4-15-13(5-6-17-15)10-16-14-8-11(2)7-12(3)9-14/h11-16H,4-10H2,1-3H3. The van der Waals surface area contributed by atoms with Crippen molar-refractivity contribution >= 4 is 0 Å². The number of rotatable bonds is 4. The van der Waals surface area contributed by atoms with E-state index in [1.807, 2.05) is 0 Å². The van der Waals surface area contributed by atoms with E-state index in [9.17, 15) is 0 Å². The monoisotopic (exact) mass is 239 g/mol. The topological polar surface area (TPSA) is 21.3 Å². The van der Waals surface area contributed by atoms with Crippen molar-refractivity contribution in [3.63, 3.8) is 0 Å². The Labute approximate surface area is 107 Å². The first-order valence-corrected chi connectivity index (χ1v) is 7.54. The van der Waals surface area contributed by atoms with Gasteiger partial charge in [-0.05, 0) is 49.9 Å². The molecule has 1 saturated carbocycles. The molecular weight excluding hydrogens is 210 g/mol. The van der Waals surface area contributed by atoms with E-state index in [4.69, 9.17) is 4.74 Å². The van der Waals surface area contributed by atoms with Crippen LogP contribution >= 0.6 is 0 Å². The van der Waals surface area contributed by atoms with Gasteiger partial charge in [0.25, 0.3) is 0 Å². The summed E-state index contributed by atoms with van der Waals surface area (Å²) in [7, 11) is 0. The quantitative estimate of drug-likeness (QED) is 0.813. The highest BCUT2D eigenvalue weighted by atomic mass is 16.5. The lowest BCUT2D eigenvalue weighted by molar-refractivity contribution is 0.0854. The molecule has 0 spiro atoms. The number of hydrogen-bond acceptors (Lipinski definition) is 2. The molecule has 2 nitrogen and oxygen atoms in total. The smallest absolute Gasteiger partial charge is 0.0613 e. The Morgan fingerprint density at radius 3 is 2.47 bits per heavy atom. The van der Waals surface area contributed by atoms with E-state index < -0.39 is 0 Å². The van der Waals surface area contributed by atoms with Gasteiger partial charge < -0.3 is 10.1 Å². The highest BCUT2D eigenvalue weighted by molar-refractivity contribution is 4.83. The normalized spacial score (nSPS) is 42.9. The van der Waals surface area contributed by atoms with Gasteiger partial charge in [0.05, 0.1) is 6.10 Å². The lowest BCUT2D eigenvalue weighted by Gasteiger charge is -2.33. The Balaban J connectivity index is 1.73. The van der Waals surface area contributed by atoms with Crippen molar-refractivity contribution in [3.8, 4) is 0 Å². The molecule has 1 aliphatic heterocycles. The summed E-state index contributed by atoms with van der Waals surface area (Å²) >= 11 is 0. The fraction of sp³-hybridized carbons (Fsp3) is 1.00. The van der Waals surface area contributed by atoms with E-state index in [1.165, 1.54) is 38.6 Å². The maximum absolute atomic E-state index is 5.76. The summed E-state index contributed by atoms with van der Waals surface area (Å²) in [4.78, 5) is 0. The zero-order chi connectivity index (χ0) is 12.3. The lowest BCUT2D eigenvalue weighted by atomic mass is 9.80. The molecule has 0 aromatic heterocycles. The fourth-order valence-corrected chi connectivity index (χ4v) is 3.81. The van der Waals surface area contributed by atoms with Crippen LogP contribution in [0.25, 0.3) is 0 Å². The Morgan fingerprint density at radius 1 is 1.12 bits per heavy atom. The average Bonchev–Trinajstić information content (AvgIpc) is 2.72. The second-order valence-electron chi connectivity index (χ2n) is 6.39. The Bertz CT molecular complexity index is 221. The minimum Gasteiger partial charge on any atom is -0.378 e. The van der Waals surface area contributed by atoms with Gasteiger partial charge in [-0.3, -0.25) is 0 Å². The summed E-state index contributed by atoms with van der Waals surface area (Å²) in [6.45, 7) is 9.19. The molecule has 0 radical (unpaired) electrons. The summed E-state index contributed by atoms with van der Waals surface area (Å²) in [5.74, 6) is 2.56. The van der Waals surface area contributed by atoms with Crippen molar-refractivity contribution in [2.45, 2.75) is 65.0 Å². The highest BCUT2D eigenvalue weighted by Gasteiger charge is 2.29. The van der Waals surface area contributed by atoms with E-state index in [0.717, 1.165) is 30.4 Å². The molecule has 4 unspecified atom stereocenters. The summed E-state index contributed by atoms with van der Waals surface area (Å²) < 4.78 is 5.76. The predicted molar refractivity (Wildman–Crippen MR) is 72.1 cm³/mol. The van der Waals surface area contributed by atoms with Crippen LogP contribution < -0.4 is 5.32 Å². The molecule has 0 aromatic rings. The third-order valence-electron chi connectivity index (χ3n) is 4.60. The first-order chi connectivity index (χ1) is 8.19. The van der Waals surface area contributed by atoms with Gasteiger partial charge in [0.15, 0.2) is 0 Å². The first kappa shape index (κ1) is 13.4. The minimum absolute atomic E-state index is 0.515. The fourth-order valence-electron chi connectivity index (χ4n) is 3.81. The van der Waals surface area contributed by atoms with Gasteiger partial charge in [-0.1, -0.05) is 20.8 Å². The van der Waals surface area contributed by atoms with Gasteiger partial charge in [0.2, 0.25) is 0 Å². The van der Waals surface area contributed by atoms with Crippen LogP contribution in [0.2, 0.25) is 0 Å². The third-order valence-corrected chi connectivity index (χ3v) is 4.60. The molecule has 2 fully saturated rings. The van der Waals surface area contributed by atoms with Crippen molar-refractivity contribution in [3.05, 3.63) is 0 Å². The number of ether oxygens (including phenoxy) is 1. The van der Waals surface area contributed by atoms with Crippen LogP contribution in [0.1, 0.15) is 52.9 Å². The lowest BCUT2D eigenvalue weighted by Crippen LogP contribution is -2.40. The van der Waals surface area contributed by atoms with Crippen LogP contribution in [-0.4, -0.2) is 25.3 Å². The molecule has 1 N–H and O–H groups in total. The molecule has 2 aliphatic rings. The summed E-state index contributed by atoms with van der Waals surface area (Å²) in [5, 5.41) is 3.81. The zero-order valence-corrected chi connectivity index (χ0v) is 11.7. The second-order valence-corrected chi connectivity index (χ2v) is 6.39. The van der Waals surface area contributed by atoms with Gasteiger partial charge in [-0.15, -0.1) is 0 Å². The van der Waals surface area contributed by atoms with Gasteiger partial charge in [-0.25, -0.2) is 0 Å². The largest absolute Gasteiger partial charge is 0.378 e. The van der Waals surface area contributed by atoms with Gasteiger partial charge in [-0.2, -0.15) is 0 Å². The molecule has 100 valence electrons. The van der Waals surface area contributed by atoms with Crippen molar-refractivity contribution in [2.75, 3.05) is 13.2 Å². The van der Waals surface area contributed by atoms with Crippen molar-refractivity contribution in [2.24, 2.45) is 17.8 Å². The van der Waals surface area contributed by atoms with Crippen LogP contribution in [0.4, 0.5) is 0 Å². The Hall–Kier alpha value is -0.0800. The molecule has 17 heavy (non-hydrogen) atoms. The maximum Gasteiger partial charge on any atom is 0.0613 e. The van der Waals surface area contributed by atoms with Crippen LogP contribution in [0, 0.1) is 17.8 Å². The SMILES string of the molecule is CCC1OCCC1CNC1CC(C)CC(C)C1. The minimum atomic E-state index is 0.515. The molecule has 0 aromatic carbocycles. The van der Waals surface area contributed by atoms with Crippen LogP contribution in [0.5, 0.6) is 0 Å².